The van der Waals surface area contributed by atoms with Gasteiger partial charge in [0.05, 0.1) is 18.7 Å². The van der Waals surface area contributed by atoms with Gasteiger partial charge < -0.3 is 4.74 Å². The van der Waals surface area contributed by atoms with E-state index in [0.29, 0.717) is 11.3 Å². The van der Waals surface area contributed by atoms with Gasteiger partial charge in [-0.25, -0.2) is 0 Å². The van der Waals surface area contributed by atoms with E-state index in [2.05, 4.69) is 0 Å². The van der Waals surface area contributed by atoms with Crippen LogP contribution in [0.25, 0.3) is 0 Å². The lowest BCUT2D eigenvalue weighted by atomic mass is 9.77. The molecule has 2 unspecified atom stereocenters. The summed E-state index contributed by atoms with van der Waals surface area (Å²) in [6.07, 6.45) is -4.55. The molecule has 0 saturated carbocycles. The molecule has 0 spiro atoms. The Morgan fingerprint density at radius 2 is 1.55 bits per heavy atom. The predicted octanol–water partition coefficient (Wildman–Crippen LogP) is 4.60. The van der Waals surface area contributed by atoms with Gasteiger partial charge in [0.1, 0.15) is 11.7 Å². The van der Waals surface area contributed by atoms with Crippen LogP contribution in [0.3, 0.4) is 0 Å². The Morgan fingerprint density at radius 1 is 0.968 bits per heavy atom. The molecular formula is C23H22F3NO4. The largest absolute Gasteiger partial charge is 0.496 e. The van der Waals surface area contributed by atoms with Gasteiger partial charge in [-0.2, -0.15) is 13.2 Å². The highest BCUT2D eigenvalue weighted by atomic mass is 19.4. The fourth-order valence-electron chi connectivity index (χ4n) is 3.72. The van der Waals surface area contributed by atoms with Crippen molar-refractivity contribution < 1.29 is 32.3 Å². The van der Waals surface area contributed by atoms with Gasteiger partial charge in [0.15, 0.2) is 5.78 Å². The maximum Gasteiger partial charge on any atom is 0.416 e. The third-order valence-corrected chi connectivity index (χ3v) is 5.26. The van der Waals surface area contributed by atoms with Gasteiger partial charge in [0.25, 0.3) is 5.91 Å². The van der Waals surface area contributed by atoms with Gasteiger partial charge in [-0.15, -0.1) is 0 Å². The molecule has 1 aliphatic rings. The first-order chi connectivity index (χ1) is 14.4. The van der Waals surface area contributed by atoms with E-state index in [1.807, 2.05) is 0 Å². The molecule has 0 aliphatic carbocycles. The number of anilines is 1. The number of carbonyl (C=O) groups excluding carboxylic acids is 3. The topological polar surface area (TPSA) is 63.7 Å². The molecular weight excluding hydrogens is 411 g/mol. The van der Waals surface area contributed by atoms with Crippen LogP contribution in [0.15, 0.2) is 48.5 Å². The summed E-state index contributed by atoms with van der Waals surface area (Å²) in [7, 11) is 1.42. The summed E-state index contributed by atoms with van der Waals surface area (Å²) in [4.78, 5) is 40.2. The lowest BCUT2D eigenvalue weighted by Gasteiger charge is -2.30. The van der Waals surface area contributed by atoms with E-state index in [1.54, 1.807) is 45.0 Å². The minimum absolute atomic E-state index is 0.0893. The lowest BCUT2D eigenvalue weighted by molar-refractivity contribution is -0.141. The molecule has 1 amide bonds. The minimum atomic E-state index is -4.55. The number of Topliss-reactive ketones (excluding diaryl/α,β-unsaturated/α-hetero) is 2. The van der Waals surface area contributed by atoms with Crippen molar-refractivity contribution in [2.75, 3.05) is 12.0 Å². The number of benzene rings is 2. The number of ketones is 2. The molecule has 31 heavy (non-hydrogen) atoms. The number of alkyl halides is 3. The Kier molecular flexibility index (Phi) is 5.69. The summed E-state index contributed by atoms with van der Waals surface area (Å²) in [5.74, 6) is -3.23. The number of carbonyl (C=O) groups is 3. The van der Waals surface area contributed by atoms with Crippen LogP contribution in [0.5, 0.6) is 5.75 Å². The average molecular weight is 433 g/mol. The zero-order valence-electron chi connectivity index (χ0n) is 17.5. The molecule has 0 aromatic heterocycles. The third kappa shape index (κ3) is 4.06. The molecule has 0 bridgehead atoms. The highest BCUT2D eigenvalue weighted by molar-refractivity contribution is 6.48. The van der Waals surface area contributed by atoms with Crippen molar-refractivity contribution in [3.8, 4) is 5.75 Å². The molecule has 1 fully saturated rings. The van der Waals surface area contributed by atoms with E-state index < -0.39 is 46.6 Å². The zero-order valence-corrected chi connectivity index (χ0v) is 17.5. The number of para-hydroxylation sites is 1. The molecule has 1 saturated heterocycles. The Bertz CT molecular complexity index is 1020. The minimum Gasteiger partial charge on any atom is -0.496 e. The normalized spacial score (nSPS) is 19.6. The van der Waals surface area contributed by atoms with Crippen LogP contribution in [0.2, 0.25) is 0 Å². The van der Waals surface area contributed by atoms with E-state index in [-0.39, 0.29) is 5.69 Å². The van der Waals surface area contributed by atoms with Crippen molar-refractivity contribution in [3.05, 3.63) is 59.7 Å². The van der Waals surface area contributed by atoms with E-state index in [4.69, 9.17) is 4.74 Å². The molecule has 5 nitrogen and oxygen atoms in total. The second-order valence-corrected chi connectivity index (χ2v) is 8.36. The lowest BCUT2D eigenvalue weighted by Crippen LogP contribution is -2.36. The Balaban J connectivity index is 2.20. The summed E-state index contributed by atoms with van der Waals surface area (Å²) in [6.45, 7) is 4.94. The van der Waals surface area contributed by atoms with Crippen LogP contribution in [0.4, 0.5) is 18.9 Å². The Labute approximate surface area is 177 Å². The number of amides is 1. The quantitative estimate of drug-likeness (QED) is 0.522. The average Bonchev–Trinajstić information content (AvgIpc) is 2.96. The highest BCUT2D eigenvalue weighted by Crippen LogP contribution is 2.45. The number of halogens is 3. The van der Waals surface area contributed by atoms with Crippen molar-refractivity contribution in [3.63, 3.8) is 0 Å². The number of hydrogen-bond acceptors (Lipinski definition) is 4. The first-order valence-electron chi connectivity index (χ1n) is 9.60. The van der Waals surface area contributed by atoms with E-state index in [9.17, 15) is 27.6 Å². The maximum absolute atomic E-state index is 13.2. The van der Waals surface area contributed by atoms with Crippen LogP contribution < -0.4 is 9.64 Å². The highest BCUT2D eigenvalue weighted by Gasteiger charge is 2.54. The molecule has 8 heteroatoms. The first kappa shape index (κ1) is 22.5. The van der Waals surface area contributed by atoms with Crippen LogP contribution in [-0.2, 0) is 20.6 Å². The maximum atomic E-state index is 13.2. The summed E-state index contributed by atoms with van der Waals surface area (Å²) in [5, 5.41) is 0. The summed E-state index contributed by atoms with van der Waals surface area (Å²) >= 11 is 0. The van der Waals surface area contributed by atoms with Crippen molar-refractivity contribution in [2.45, 2.75) is 33.0 Å². The van der Waals surface area contributed by atoms with Crippen molar-refractivity contribution in [1.29, 1.82) is 0 Å². The predicted molar refractivity (Wildman–Crippen MR) is 108 cm³/mol. The fraction of sp³-hybridized carbons (Fsp3) is 0.348. The van der Waals surface area contributed by atoms with Gasteiger partial charge >= 0.3 is 6.18 Å². The van der Waals surface area contributed by atoms with Gasteiger partial charge in [-0.1, -0.05) is 39.0 Å². The molecule has 1 aliphatic heterocycles. The Morgan fingerprint density at radius 3 is 2.06 bits per heavy atom. The fourth-order valence-corrected chi connectivity index (χ4v) is 3.72. The summed E-state index contributed by atoms with van der Waals surface area (Å²) < 4.78 is 44.3. The van der Waals surface area contributed by atoms with Crippen LogP contribution in [0, 0.1) is 11.3 Å². The molecule has 2 aromatic carbocycles. The molecule has 0 N–H and O–H groups in total. The molecule has 2 aromatic rings. The van der Waals surface area contributed by atoms with Gasteiger partial charge in [0, 0.05) is 16.7 Å². The standard InChI is InChI=1S/C23H22F3NO4/c1-22(2,3)20(29)17-18(15-7-5-6-8-16(15)31-4)27(21(30)19(17)28)14-11-9-13(10-12-14)23(24,25)26/h5-12,17-18H,1-4H3. The van der Waals surface area contributed by atoms with Crippen molar-refractivity contribution in [2.24, 2.45) is 11.3 Å². The number of nitrogens with zero attached hydrogens (tertiary/aromatic N) is 1. The number of methoxy groups -OCH3 is 1. The third-order valence-electron chi connectivity index (χ3n) is 5.26. The van der Waals surface area contributed by atoms with Crippen molar-refractivity contribution in [1.82, 2.24) is 0 Å². The smallest absolute Gasteiger partial charge is 0.416 e. The van der Waals surface area contributed by atoms with E-state index >= 15 is 0 Å². The van der Waals surface area contributed by atoms with Crippen LogP contribution in [-0.4, -0.2) is 24.6 Å². The SMILES string of the molecule is COc1ccccc1C1C(C(=O)C(C)(C)C)C(=O)C(=O)N1c1ccc(C(F)(F)F)cc1. The van der Waals surface area contributed by atoms with E-state index in [0.717, 1.165) is 29.2 Å². The molecule has 3 rings (SSSR count). The van der Waals surface area contributed by atoms with Gasteiger partial charge in [0.2, 0.25) is 5.78 Å². The summed E-state index contributed by atoms with van der Waals surface area (Å²) in [5.41, 5.74) is -1.29. The second-order valence-electron chi connectivity index (χ2n) is 8.36. The number of hydrogen-bond donors (Lipinski definition) is 0. The second kappa shape index (κ2) is 7.83. The molecule has 164 valence electrons. The number of rotatable bonds is 4. The van der Waals surface area contributed by atoms with E-state index in [1.165, 1.54) is 7.11 Å². The van der Waals surface area contributed by atoms with Crippen LogP contribution >= 0.6 is 0 Å². The molecule has 0 radical (unpaired) electrons. The zero-order chi connectivity index (χ0) is 23.1. The number of ether oxygens (including phenoxy) is 1. The van der Waals surface area contributed by atoms with Crippen LogP contribution in [0.1, 0.15) is 37.9 Å². The van der Waals surface area contributed by atoms with Crippen molar-refractivity contribution >= 4 is 23.2 Å². The molecule has 2 atom stereocenters. The molecule has 1 heterocycles. The van der Waals surface area contributed by atoms with Gasteiger partial charge in [-0.3, -0.25) is 19.3 Å². The first-order valence-corrected chi connectivity index (χ1v) is 9.60. The monoisotopic (exact) mass is 433 g/mol. The Hall–Kier alpha value is -3.16. The van der Waals surface area contributed by atoms with Gasteiger partial charge in [-0.05, 0) is 30.3 Å². The summed E-state index contributed by atoms with van der Waals surface area (Å²) in [6, 6.07) is 9.52.